The van der Waals surface area contributed by atoms with Crippen LogP contribution in [0.1, 0.15) is 24.8 Å². The highest BCUT2D eigenvalue weighted by molar-refractivity contribution is 5.29. The van der Waals surface area contributed by atoms with Crippen molar-refractivity contribution < 1.29 is 9.13 Å². The van der Waals surface area contributed by atoms with Gasteiger partial charge in [-0.1, -0.05) is 12.5 Å². The molecule has 0 aliphatic heterocycles. The Bertz CT molecular complexity index is 394. The maximum Gasteiger partial charge on any atom is 0.165 e. The third-order valence-electron chi connectivity index (χ3n) is 4.00. The number of hydrogen-bond donors (Lipinski definition) is 1. The van der Waals surface area contributed by atoms with Crippen LogP contribution >= 0.6 is 0 Å². The zero-order valence-corrected chi connectivity index (χ0v) is 11.2. The predicted molar refractivity (Wildman–Crippen MR) is 71.4 cm³/mol. The summed E-state index contributed by atoms with van der Waals surface area (Å²) < 4.78 is 18.6. The van der Waals surface area contributed by atoms with E-state index in [1.807, 2.05) is 13.1 Å². The lowest BCUT2D eigenvalue weighted by atomic mass is 9.89. The molecule has 100 valence electrons. The van der Waals surface area contributed by atoms with Crippen LogP contribution in [-0.2, 0) is 6.42 Å². The van der Waals surface area contributed by atoms with Crippen LogP contribution in [0.3, 0.4) is 0 Å². The van der Waals surface area contributed by atoms with E-state index in [1.165, 1.54) is 26.4 Å². The van der Waals surface area contributed by atoms with Gasteiger partial charge < -0.3 is 10.1 Å². The van der Waals surface area contributed by atoms with Crippen LogP contribution in [0.4, 0.5) is 4.39 Å². The minimum absolute atomic E-state index is 0.252. The number of benzene rings is 1. The Morgan fingerprint density at radius 1 is 1.33 bits per heavy atom. The Hall–Kier alpha value is -1.09. The van der Waals surface area contributed by atoms with Gasteiger partial charge in [-0.25, -0.2) is 4.39 Å². The monoisotopic (exact) mass is 251 g/mol. The summed E-state index contributed by atoms with van der Waals surface area (Å²) in [4.78, 5) is 0. The van der Waals surface area contributed by atoms with Crippen LogP contribution in [0.2, 0.25) is 0 Å². The fourth-order valence-electron chi connectivity index (χ4n) is 3.05. The molecule has 1 fully saturated rings. The molecule has 0 aromatic heterocycles. The van der Waals surface area contributed by atoms with Gasteiger partial charge in [-0.2, -0.15) is 0 Å². The van der Waals surface area contributed by atoms with Gasteiger partial charge in [0.2, 0.25) is 0 Å². The zero-order valence-electron chi connectivity index (χ0n) is 11.2. The number of ether oxygens (including phenoxy) is 1. The molecule has 2 nitrogen and oxygen atoms in total. The van der Waals surface area contributed by atoms with Crippen molar-refractivity contribution in [3.05, 3.63) is 29.6 Å². The van der Waals surface area contributed by atoms with Gasteiger partial charge >= 0.3 is 0 Å². The largest absolute Gasteiger partial charge is 0.494 e. The molecule has 0 heterocycles. The molecule has 3 heteroatoms. The summed E-state index contributed by atoms with van der Waals surface area (Å²) in [7, 11) is 3.50. The summed E-state index contributed by atoms with van der Waals surface area (Å²) in [6, 6.07) is 5.33. The van der Waals surface area contributed by atoms with Gasteiger partial charge in [0, 0.05) is 0 Å². The van der Waals surface area contributed by atoms with Crippen molar-refractivity contribution in [2.45, 2.75) is 25.7 Å². The van der Waals surface area contributed by atoms with Crippen molar-refractivity contribution >= 4 is 0 Å². The fourth-order valence-corrected chi connectivity index (χ4v) is 3.05. The molecule has 1 aromatic carbocycles. The van der Waals surface area contributed by atoms with Crippen LogP contribution in [0.5, 0.6) is 5.75 Å². The van der Waals surface area contributed by atoms with Gasteiger partial charge in [0.1, 0.15) is 0 Å². The average molecular weight is 251 g/mol. The highest BCUT2D eigenvalue weighted by atomic mass is 19.1. The molecule has 1 saturated carbocycles. The molecule has 0 saturated heterocycles. The molecule has 0 spiro atoms. The summed E-state index contributed by atoms with van der Waals surface area (Å²) >= 11 is 0. The number of nitrogens with one attached hydrogen (secondary N) is 1. The minimum Gasteiger partial charge on any atom is -0.494 e. The molecule has 1 aliphatic rings. The van der Waals surface area contributed by atoms with Crippen LogP contribution in [0.25, 0.3) is 0 Å². The van der Waals surface area contributed by atoms with Crippen LogP contribution in [0, 0.1) is 17.7 Å². The lowest BCUT2D eigenvalue weighted by Crippen LogP contribution is -2.23. The smallest absolute Gasteiger partial charge is 0.165 e. The average Bonchev–Trinajstić information content (AvgIpc) is 2.78. The van der Waals surface area contributed by atoms with Crippen LogP contribution in [0.15, 0.2) is 18.2 Å². The van der Waals surface area contributed by atoms with Gasteiger partial charge in [-0.05, 0) is 62.4 Å². The van der Waals surface area contributed by atoms with E-state index in [4.69, 9.17) is 4.74 Å². The number of methoxy groups -OCH3 is 1. The quantitative estimate of drug-likeness (QED) is 0.868. The second-order valence-corrected chi connectivity index (χ2v) is 5.18. The second kappa shape index (κ2) is 6.19. The minimum atomic E-state index is -0.252. The first-order valence-electron chi connectivity index (χ1n) is 6.71. The number of hydrogen-bond acceptors (Lipinski definition) is 2. The van der Waals surface area contributed by atoms with E-state index in [0.717, 1.165) is 24.4 Å². The molecule has 1 aromatic rings. The third kappa shape index (κ3) is 3.02. The molecule has 2 unspecified atom stereocenters. The maximum atomic E-state index is 13.6. The zero-order chi connectivity index (χ0) is 13.0. The molecular weight excluding hydrogens is 229 g/mol. The first-order valence-corrected chi connectivity index (χ1v) is 6.71. The first kappa shape index (κ1) is 13.3. The molecule has 1 aliphatic carbocycles. The lowest BCUT2D eigenvalue weighted by molar-refractivity contribution is 0.371. The van der Waals surface area contributed by atoms with E-state index in [1.54, 1.807) is 12.1 Å². The Balaban J connectivity index is 2.02. The molecule has 0 amide bonds. The fraction of sp³-hybridized carbons (Fsp3) is 0.600. The highest BCUT2D eigenvalue weighted by Gasteiger charge is 2.26. The number of halogens is 1. The molecule has 18 heavy (non-hydrogen) atoms. The molecule has 0 radical (unpaired) electrons. The van der Waals surface area contributed by atoms with Crippen molar-refractivity contribution in [1.82, 2.24) is 5.32 Å². The summed E-state index contributed by atoms with van der Waals surface area (Å²) in [6.07, 6.45) is 4.84. The van der Waals surface area contributed by atoms with Crippen molar-refractivity contribution in [3.63, 3.8) is 0 Å². The Labute approximate surface area is 109 Å². The molecule has 1 N–H and O–H groups in total. The number of rotatable bonds is 5. The molecule has 0 bridgehead atoms. The van der Waals surface area contributed by atoms with Gasteiger partial charge in [0.25, 0.3) is 0 Å². The van der Waals surface area contributed by atoms with E-state index in [0.29, 0.717) is 11.7 Å². The van der Waals surface area contributed by atoms with E-state index >= 15 is 0 Å². The summed E-state index contributed by atoms with van der Waals surface area (Å²) in [5, 5.41) is 3.26. The first-order chi connectivity index (χ1) is 8.74. The topological polar surface area (TPSA) is 21.3 Å². The van der Waals surface area contributed by atoms with E-state index < -0.39 is 0 Å². The van der Waals surface area contributed by atoms with Gasteiger partial charge in [-0.3, -0.25) is 0 Å². The molecule has 2 rings (SSSR count). The normalized spacial score (nSPS) is 23.3. The van der Waals surface area contributed by atoms with Crippen molar-refractivity contribution in [2.75, 3.05) is 20.7 Å². The van der Waals surface area contributed by atoms with Crippen LogP contribution in [-0.4, -0.2) is 20.7 Å². The van der Waals surface area contributed by atoms with Gasteiger partial charge in [-0.15, -0.1) is 0 Å². The summed E-state index contributed by atoms with van der Waals surface area (Å²) in [5.74, 6) is 1.50. The molecular formula is C15H22FNO. The van der Waals surface area contributed by atoms with E-state index in [-0.39, 0.29) is 5.82 Å². The van der Waals surface area contributed by atoms with Crippen molar-refractivity contribution in [1.29, 1.82) is 0 Å². The van der Waals surface area contributed by atoms with Gasteiger partial charge in [0.15, 0.2) is 11.6 Å². The van der Waals surface area contributed by atoms with Crippen molar-refractivity contribution in [3.8, 4) is 5.75 Å². The lowest BCUT2D eigenvalue weighted by Gasteiger charge is -2.19. The Morgan fingerprint density at radius 2 is 2.11 bits per heavy atom. The standard InChI is InChI=1S/C15H22FNO/c1-17-10-13-5-3-4-12(13)8-11-6-7-15(18-2)14(16)9-11/h6-7,9,12-13,17H,3-5,8,10H2,1-2H3. The Morgan fingerprint density at radius 3 is 2.78 bits per heavy atom. The van der Waals surface area contributed by atoms with Crippen molar-refractivity contribution in [2.24, 2.45) is 11.8 Å². The summed E-state index contributed by atoms with van der Waals surface area (Å²) in [5.41, 5.74) is 1.08. The molecule has 2 atom stereocenters. The third-order valence-corrected chi connectivity index (χ3v) is 4.00. The Kier molecular flexibility index (Phi) is 4.59. The van der Waals surface area contributed by atoms with Crippen LogP contribution < -0.4 is 10.1 Å². The van der Waals surface area contributed by atoms with E-state index in [9.17, 15) is 4.39 Å². The van der Waals surface area contributed by atoms with Gasteiger partial charge in [0.05, 0.1) is 7.11 Å². The van der Waals surface area contributed by atoms with E-state index in [2.05, 4.69) is 5.32 Å². The SMILES string of the molecule is CNCC1CCCC1Cc1ccc(OC)c(F)c1. The predicted octanol–water partition coefficient (Wildman–Crippen LogP) is 3.01. The highest BCUT2D eigenvalue weighted by Crippen LogP contribution is 2.34. The maximum absolute atomic E-state index is 13.6. The second-order valence-electron chi connectivity index (χ2n) is 5.18. The summed E-state index contributed by atoms with van der Waals surface area (Å²) in [6.45, 7) is 1.07.